The van der Waals surface area contributed by atoms with Gasteiger partial charge in [-0.25, -0.2) is 9.97 Å². The molecule has 1 aliphatic heterocycles. The first-order valence-electron chi connectivity index (χ1n) is 13.8. The molecule has 0 spiro atoms. The monoisotopic (exact) mass is 548 g/mol. The number of Topliss-reactive ketones (excluding diaryl/α,β-unsaturated/α-hetero) is 1. The van der Waals surface area contributed by atoms with E-state index >= 15 is 0 Å². The Kier molecular flexibility index (Phi) is 6.66. The van der Waals surface area contributed by atoms with Crippen molar-refractivity contribution in [3.05, 3.63) is 93.9 Å². The number of aryl methyl sites for hydroxylation is 1. The maximum absolute atomic E-state index is 13.3. The summed E-state index contributed by atoms with van der Waals surface area (Å²) < 4.78 is 14.2. The van der Waals surface area contributed by atoms with Crippen LogP contribution in [0, 0.1) is 6.92 Å². The number of aromatic nitrogens is 4. The van der Waals surface area contributed by atoms with Crippen LogP contribution in [0.15, 0.2) is 66.1 Å². The molecule has 0 amide bonds. The lowest BCUT2D eigenvalue weighted by Crippen LogP contribution is -2.27. The summed E-state index contributed by atoms with van der Waals surface area (Å²) in [5.74, 6) is 0.698. The van der Waals surface area contributed by atoms with Gasteiger partial charge in [0.2, 0.25) is 0 Å². The Morgan fingerprint density at radius 3 is 2.63 bits per heavy atom. The molecule has 2 aromatic carbocycles. The molecule has 0 aliphatic carbocycles. The predicted molar refractivity (Wildman–Crippen MR) is 158 cm³/mol. The van der Waals surface area contributed by atoms with Crippen molar-refractivity contribution in [1.82, 2.24) is 19.5 Å². The Bertz CT molecular complexity index is 1860. The molecule has 8 heteroatoms. The Morgan fingerprint density at radius 2 is 1.90 bits per heavy atom. The summed E-state index contributed by atoms with van der Waals surface area (Å²) in [4.78, 5) is 39.6. The lowest BCUT2D eigenvalue weighted by molar-refractivity contribution is -0.138. The highest BCUT2D eigenvalue weighted by Crippen LogP contribution is 2.45. The van der Waals surface area contributed by atoms with E-state index in [1.807, 2.05) is 64.2 Å². The number of carbonyl (C=O) groups excluding carboxylic acids is 1. The molecule has 6 rings (SSSR count). The van der Waals surface area contributed by atoms with E-state index in [-0.39, 0.29) is 11.3 Å². The molecule has 1 aliphatic rings. The third kappa shape index (κ3) is 4.89. The number of benzene rings is 2. The van der Waals surface area contributed by atoms with E-state index in [0.29, 0.717) is 13.2 Å². The van der Waals surface area contributed by atoms with E-state index in [1.54, 1.807) is 30.0 Å². The Hall–Kier alpha value is -4.43. The second-order valence-corrected chi connectivity index (χ2v) is 11.5. The molecular formula is C33H32N4O4. The van der Waals surface area contributed by atoms with Crippen molar-refractivity contribution in [2.75, 3.05) is 6.61 Å². The minimum Gasteiger partial charge on any atom is -0.493 e. The Morgan fingerprint density at radius 1 is 1.12 bits per heavy atom. The lowest BCUT2D eigenvalue weighted by atomic mass is 9.85. The number of ketones is 1. The maximum atomic E-state index is 13.3. The Balaban J connectivity index is 1.73. The van der Waals surface area contributed by atoms with Crippen LogP contribution >= 0.6 is 0 Å². The van der Waals surface area contributed by atoms with Crippen LogP contribution in [0.5, 0.6) is 5.75 Å². The number of ether oxygens (including phenoxy) is 2. The average Bonchev–Trinajstić information content (AvgIpc) is 2.94. The Labute approximate surface area is 238 Å². The highest BCUT2D eigenvalue weighted by molar-refractivity contribution is 6.08. The maximum Gasteiger partial charge on any atom is 0.251 e. The van der Waals surface area contributed by atoms with Crippen LogP contribution in [0.3, 0.4) is 0 Å². The van der Waals surface area contributed by atoms with E-state index in [0.717, 1.165) is 61.8 Å². The van der Waals surface area contributed by atoms with Crippen LogP contribution in [-0.2, 0) is 22.5 Å². The molecule has 0 saturated carbocycles. The van der Waals surface area contributed by atoms with E-state index < -0.39 is 11.7 Å². The fourth-order valence-electron chi connectivity index (χ4n) is 5.77. The normalized spacial score (nSPS) is 13.8. The number of hydrogen-bond donors (Lipinski definition) is 0. The van der Waals surface area contributed by atoms with Gasteiger partial charge in [-0.05, 0) is 87.2 Å². The molecule has 1 atom stereocenters. The first-order chi connectivity index (χ1) is 19.6. The summed E-state index contributed by atoms with van der Waals surface area (Å²) in [6.07, 6.45) is 6.68. The largest absolute Gasteiger partial charge is 0.493 e. The summed E-state index contributed by atoms with van der Waals surface area (Å²) in [5, 5.41) is 1.80. The molecule has 5 aromatic rings. The number of pyridine rings is 2. The average molecular weight is 549 g/mol. The van der Waals surface area contributed by atoms with Crippen molar-refractivity contribution < 1.29 is 14.3 Å². The molecular weight excluding hydrogens is 516 g/mol. The van der Waals surface area contributed by atoms with Crippen molar-refractivity contribution in [2.45, 2.75) is 59.3 Å². The van der Waals surface area contributed by atoms with Gasteiger partial charge in [0.25, 0.3) is 5.56 Å². The van der Waals surface area contributed by atoms with Gasteiger partial charge in [0.05, 0.1) is 29.8 Å². The summed E-state index contributed by atoms with van der Waals surface area (Å²) in [7, 11) is 0. The van der Waals surface area contributed by atoms with Crippen molar-refractivity contribution in [1.29, 1.82) is 0 Å². The van der Waals surface area contributed by atoms with Gasteiger partial charge < -0.3 is 14.0 Å². The van der Waals surface area contributed by atoms with E-state index in [2.05, 4.69) is 9.97 Å². The summed E-state index contributed by atoms with van der Waals surface area (Å²) in [6, 6.07) is 11.4. The van der Waals surface area contributed by atoms with Crippen LogP contribution in [0.2, 0.25) is 0 Å². The van der Waals surface area contributed by atoms with E-state index in [9.17, 15) is 9.59 Å². The smallest absolute Gasteiger partial charge is 0.251 e. The highest BCUT2D eigenvalue weighted by atomic mass is 16.5. The van der Waals surface area contributed by atoms with Gasteiger partial charge in [-0.3, -0.25) is 14.6 Å². The molecule has 0 fully saturated rings. The molecule has 0 N–H and O–H groups in total. The molecule has 208 valence electrons. The molecule has 1 unspecified atom stereocenters. The molecule has 4 heterocycles. The number of rotatable bonds is 6. The molecule has 0 radical (unpaired) electrons. The zero-order valence-electron chi connectivity index (χ0n) is 23.9. The standard InChI is InChI=1S/C33H32N4O4/c1-19-14-25-23(7-9-27(39)37(25)17-21-15-34-18-35-16-21)30(28(19)32(20(2)38)41-33(3,4)5)24-6-8-26-29-22(11-13-40-26)10-12-36-31(24)29/h6-10,12,14-16,18,32H,11,13,17H2,1-5H3. The van der Waals surface area contributed by atoms with Crippen molar-refractivity contribution >= 4 is 27.6 Å². The van der Waals surface area contributed by atoms with Crippen LogP contribution in [0.25, 0.3) is 32.9 Å². The number of hydrogen-bond acceptors (Lipinski definition) is 7. The highest BCUT2D eigenvalue weighted by Gasteiger charge is 2.31. The van der Waals surface area contributed by atoms with E-state index in [1.165, 1.54) is 11.9 Å². The van der Waals surface area contributed by atoms with Crippen LogP contribution in [-0.4, -0.2) is 37.5 Å². The van der Waals surface area contributed by atoms with E-state index in [4.69, 9.17) is 14.5 Å². The minimum atomic E-state index is -0.820. The lowest BCUT2D eigenvalue weighted by Gasteiger charge is -2.30. The first-order valence-corrected chi connectivity index (χ1v) is 13.8. The van der Waals surface area contributed by atoms with Gasteiger partial charge in [-0.1, -0.05) is 0 Å². The zero-order valence-corrected chi connectivity index (χ0v) is 23.9. The third-order valence-electron chi connectivity index (χ3n) is 7.44. The third-order valence-corrected chi connectivity index (χ3v) is 7.44. The SMILES string of the molecule is CC(=O)C(OC(C)(C)C)c1c(C)cc2c(ccc(=O)n2Cc2cncnc2)c1-c1ccc2c3c(ccnc13)CCO2. The van der Waals surface area contributed by atoms with Crippen LogP contribution in [0.1, 0.15) is 56.1 Å². The number of nitrogens with zero attached hydrogens (tertiary/aromatic N) is 4. The van der Waals surface area contributed by atoms with Gasteiger partial charge in [-0.2, -0.15) is 0 Å². The topological polar surface area (TPSA) is 96.2 Å². The number of fused-ring (bicyclic) bond motifs is 1. The van der Waals surface area contributed by atoms with Crippen molar-refractivity contribution in [3.8, 4) is 16.9 Å². The summed E-state index contributed by atoms with van der Waals surface area (Å²) in [5.41, 5.74) is 6.10. The van der Waals surface area contributed by atoms with Gasteiger partial charge >= 0.3 is 0 Å². The van der Waals surface area contributed by atoms with Gasteiger partial charge in [0, 0.05) is 53.0 Å². The summed E-state index contributed by atoms with van der Waals surface area (Å²) in [6.45, 7) is 10.3. The second-order valence-electron chi connectivity index (χ2n) is 11.5. The fourth-order valence-corrected chi connectivity index (χ4v) is 5.77. The second kappa shape index (κ2) is 10.2. The van der Waals surface area contributed by atoms with Crippen molar-refractivity contribution in [2.24, 2.45) is 0 Å². The van der Waals surface area contributed by atoms with Crippen molar-refractivity contribution in [3.63, 3.8) is 0 Å². The summed E-state index contributed by atoms with van der Waals surface area (Å²) >= 11 is 0. The number of carbonyl (C=O) groups is 1. The zero-order chi connectivity index (χ0) is 28.9. The van der Waals surface area contributed by atoms with Gasteiger partial charge in [0.1, 0.15) is 18.2 Å². The van der Waals surface area contributed by atoms with Gasteiger partial charge in [0.15, 0.2) is 5.78 Å². The minimum absolute atomic E-state index is 0.0996. The molecule has 41 heavy (non-hydrogen) atoms. The molecule has 8 nitrogen and oxygen atoms in total. The molecule has 0 saturated heterocycles. The quantitative estimate of drug-likeness (QED) is 0.267. The van der Waals surface area contributed by atoms with Crippen LogP contribution in [0.4, 0.5) is 0 Å². The predicted octanol–water partition coefficient (Wildman–Crippen LogP) is 5.74. The molecule has 3 aromatic heterocycles. The fraction of sp³-hybridized carbons (Fsp3) is 0.303. The van der Waals surface area contributed by atoms with Gasteiger partial charge in [-0.15, -0.1) is 0 Å². The van der Waals surface area contributed by atoms with Crippen LogP contribution < -0.4 is 10.3 Å². The molecule has 0 bridgehead atoms. The first kappa shape index (κ1) is 26.8.